The van der Waals surface area contributed by atoms with E-state index in [-0.39, 0.29) is 0 Å². The van der Waals surface area contributed by atoms with Gasteiger partial charge in [0.25, 0.3) is 0 Å². The molecule has 1 saturated heterocycles. The van der Waals surface area contributed by atoms with Crippen molar-refractivity contribution in [1.82, 2.24) is 10.2 Å². The fourth-order valence-electron chi connectivity index (χ4n) is 3.12. The van der Waals surface area contributed by atoms with Crippen LogP contribution in [0.1, 0.15) is 39.0 Å². The Morgan fingerprint density at radius 2 is 2.00 bits per heavy atom. The van der Waals surface area contributed by atoms with E-state index in [9.17, 15) is 9.90 Å². The van der Waals surface area contributed by atoms with Gasteiger partial charge in [0.15, 0.2) is 0 Å². The summed E-state index contributed by atoms with van der Waals surface area (Å²) in [6.45, 7) is 4.05. The molecule has 4 nitrogen and oxygen atoms in total. The van der Waals surface area contributed by atoms with Gasteiger partial charge in [-0.1, -0.05) is 0 Å². The van der Waals surface area contributed by atoms with E-state index in [1.54, 1.807) is 0 Å². The molecule has 0 aromatic rings. The SMILES string of the molecule is CC(NC1CCN(C2CC2)C1)(C(=O)O)C1CC1. The van der Waals surface area contributed by atoms with Crippen LogP contribution in [0.4, 0.5) is 0 Å². The largest absolute Gasteiger partial charge is 0.480 e. The number of nitrogens with zero attached hydrogens (tertiary/aromatic N) is 1. The maximum Gasteiger partial charge on any atom is 0.323 e. The second kappa shape index (κ2) is 3.95. The number of carboxylic acids is 1. The summed E-state index contributed by atoms with van der Waals surface area (Å²) in [5, 5.41) is 12.8. The molecule has 17 heavy (non-hydrogen) atoms. The highest BCUT2D eigenvalue weighted by Crippen LogP contribution is 2.40. The fourth-order valence-corrected chi connectivity index (χ4v) is 3.12. The average Bonchev–Trinajstić information content (AvgIpc) is 3.17. The summed E-state index contributed by atoms with van der Waals surface area (Å²) in [6, 6.07) is 1.18. The van der Waals surface area contributed by atoms with Gasteiger partial charge in [0.05, 0.1) is 0 Å². The molecule has 1 aliphatic heterocycles. The van der Waals surface area contributed by atoms with E-state index in [0.717, 1.165) is 38.4 Å². The van der Waals surface area contributed by atoms with Crippen molar-refractivity contribution in [3.8, 4) is 0 Å². The molecule has 96 valence electrons. The van der Waals surface area contributed by atoms with Gasteiger partial charge in [0, 0.05) is 25.2 Å². The second-order valence-electron chi connectivity index (χ2n) is 6.14. The minimum absolute atomic E-state index is 0.343. The summed E-state index contributed by atoms with van der Waals surface area (Å²) >= 11 is 0. The first-order valence-electron chi connectivity index (χ1n) is 6.85. The molecular formula is C13H22N2O2. The van der Waals surface area contributed by atoms with Crippen molar-refractivity contribution in [1.29, 1.82) is 0 Å². The topological polar surface area (TPSA) is 52.6 Å². The smallest absolute Gasteiger partial charge is 0.323 e. The highest BCUT2D eigenvalue weighted by Gasteiger charge is 2.49. The molecule has 3 rings (SSSR count). The monoisotopic (exact) mass is 238 g/mol. The third-order valence-corrected chi connectivity index (χ3v) is 4.63. The van der Waals surface area contributed by atoms with E-state index in [0.29, 0.717) is 12.0 Å². The zero-order valence-corrected chi connectivity index (χ0v) is 10.5. The molecule has 0 radical (unpaired) electrons. The Morgan fingerprint density at radius 1 is 1.29 bits per heavy atom. The highest BCUT2D eigenvalue weighted by atomic mass is 16.4. The summed E-state index contributed by atoms with van der Waals surface area (Å²) < 4.78 is 0. The zero-order valence-electron chi connectivity index (χ0n) is 10.5. The molecule has 3 aliphatic rings. The quantitative estimate of drug-likeness (QED) is 0.752. The summed E-state index contributed by atoms with van der Waals surface area (Å²) in [7, 11) is 0. The number of likely N-dealkylation sites (tertiary alicyclic amines) is 1. The molecule has 2 N–H and O–H groups in total. The van der Waals surface area contributed by atoms with Crippen LogP contribution >= 0.6 is 0 Å². The van der Waals surface area contributed by atoms with Gasteiger partial charge in [-0.15, -0.1) is 0 Å². The average molecular weight is 238 g/mol. The minimum atomic E-state index is -0.690. The number of nitrogens with one attached hydrogen (secondary N) is 1. The van der Waals surface area contributed by atoms with Crippen molar-refractivity contribution < 1.29 is 9.90 Å². The lowest BCUT2D eigenvalue weighted by molar-refractivity contribution is -0.145. The molecule has 1 heterocycles. The Labute approximate surface area is 102 Å². The summed E-state index contributed by atoms with van der Waals surface area (Å²) in [6.07, 6.45) is 5.91. The van der Waals surface area contributed by atoms with E-state index < -0.39 is 11.5 Å². The second-order valence-corrected chi connectivity index (χ2v) is 6.14. The van der Waals surface area contributed by atoms with Crippen molar-refractivity contribution in [2.75, 3.05) is 13.1 Å². The molecule has 4 heteroatoms. The number of hydrogen-bond acceptors (Lipinski definition) is 3. The summed E-state index contributed by atoms with van der Waals surface area (Å²) in [5.74, 6) is -0.333. The van der Waals surface area contributed by atoms with Gasteiger partial charge in [-0.25, -0.2) is 0 Å². The zero-order chi connectivity index (χ0) is 12.0. The van der Waals surface area contributed by atoms with Crippen LogP contribution in [0, 0.1) is 5.92 Å². The van der Waals surface area contributed by atoms with E-state index in [2.05, 4.69) is 10.2 Å². The first-order chi connectivity index (χ1) is 8.09. The Bertz CT molecular complexity index is 325. The molecule has 2 saturated carbocycles. The number of carboxylic acid groups (broad SMARTS) is 1. The van der Waals surface area contributed by atoms with Gasteiger partial charge in [0.1, 0.15) is 5.54 Å². The van der Waals surface area contributed by atoms with Gasteiger partial charge >= 0.3 is 5.97 Å². The molecule has 2 aliphatic carbocycles. The van der Waals surface area contributed by atoms with Crippen LogP contribution in [0.5, 0.6) is 0 Å². The van der Waals surface area contributed by atoms with Crippen molar-refractivity contribution in [3.63, 3.8) is 0 Å². The van der Waals surface area contributed by atoms with Gasteiger partial charge in [-0.2, -0.15) is 0 Å². The molecule has 2 atom stereocenters. The maximum atomic E-state index is 11.4. The lowest BCUT2D eigenvalue weighted by atomic mass is 9.94. The summed E-state index contributed by atoms with van der Waals surface area (Å²) in [4.78, 5) is 14.0. The van der Waals surface area contributed by atoms with Crippen LogP contribution in [-0.4, -0.2) is 46.7 Å². The van der Waals surface area contributed by atoms with Gasteiger partial charge in [-0.3, -0.25) is 15.0 Å². The maximum absolute atomic E-state index is 11.4. The predicted molar refractivity (Wildman–Crippen MR) is 64.9 cm³/mol. The van der Waals surface area contributed by atoms with Gasteiger partial charge in [-0.05, 0) is 44.9 Å². The van der Waals surface area contributed by atoms with E-state index in [4.69, 9.17) is 0 Å². The van der Waals surface area contributed by atoms with Crippen molar-refractivity contribution in [2.45, 2.75) is 56.7 Å². The molecule has 0 amide bonds. The minimum Gasteiger partial charge on any atom is -0.480 e. The number of hydrogen-bond donors (Lipinski definition) is 2. The van der Waals surface area contributed by atoms with E-state index >= 15 is 0 Å². The summed E-state index contributed by atoms with van der Waals surface area (Å²) in [5.41, 5.74) is -0.690. The van der Waals surface area contributed by atoms with Crippen LogP contribution in [0.15, 0.2) is 0 Å². The van der Waals surface area contributed by atoms with Gasteiger partial charge in [0.2, 0.25) is 0 Å². The van der Waals surface area contributed by atoms with E-state index in [1.165, 1.54) is 12.8 Å². The Morgan fingerprint density at radius 3 is 2.53 bits per heavy atom. The predicted octanol–water partition coefficient (Wildman–Crippen LogP) is 1.07. The molecule has 3 fully saturated rings. The normalized spacial score (nSPS) is 33.6. The van der Waals surface area contributed by atoms with Crippen molar-refractivity contribution in [3.05, 3.63) is 0 Å². The van der Waals surface area contributed by atoms with Crippen LogP contribution < -0.4 is 5.32 Å². The van der Waals surface area contributed by atoms with Crippen molar-refractivity contribution in [2.24, 2.45) is 5.92 Å². The lowest BCUT2D eigenvalue weighted by Crippen LogP contribution is -2.56. The first-order valence-corrected chi connectivity index (χ1v) is 6.85. The van der Waals surface area contributed by atoms with E-state index in [1.807, 2.05) is 6.92 Å². The Balaban J connectivity index is 1.59. The number of carbonyl (C=O) groups is 1. The van der Waals surface area contributed by atoms with Crippen LogP contribution in [0.25, 0.3) is 0 Å². The molecular weight excluding hydrogens is 216 g/mol. The fraction of sp³-hybridized carbons (Fsp3) is 0.923. The molecule has 2 unspecified atom stereocenters. The van der Waals surface area contributed by atoms with Crippen LogP contribution in [0.2, 0.25) is 0 Å². The highest BCUT2D eigenvalue weighted by molar-refractivity contribution is 5.79. The van der Waals surface area contributed by atoms with Crippen LogP contribution in [-0.2, 0) is 4.79 Å². The molecule has 0 aromatic carbocycles. The van der Waals surface area contributed by atoms with Crippen LogP contribution in [0.3, 0.4) is 0 Å². The number of aliphatic carboxylic acids is 1. The molecule has 0 spiro atoms. The standard InChI is InChI=1S/C13H22N2O2/c1-13(12(16)17,9-2-3-9)14-10-6-7-15(8-10)11-4-5-11/h9-11,14H,2-8H2,1H3,(H,16,17). The van der Waals surface area contributed by atoms with Crippen molar-refractivity contribution >= 4 is 5.97 Å². The van der Waals surface area contributed by atoms with Gasteiger partial charge < -0.3 is 5.11 Å². The molecule has 0 aromatic heterocycles. The Kier molecular flexibility index (Phi) is 2.67. The third kappa shape index (κ3) is 2.20. The molecule has 0 bridgehead atoms. The third-order valence-electron chi connectivity index (χ3n) is 4.63. The Hall–Kier alpha value is -0.610. The lowest BCUT2D eigenvalue weighted by Gasteiger charge is -2.30. The first kappa shape index (κ1) is 11.5. The number of rotatable bonds is 5.